The first kappa shape index (κ1) is 13.5. The van der Waals surface area contributed by atoms with Crippen molar-refractivity contribution in [2.45, 2.75) is 18.9 Å². The second-order valence-electron chi connectivity index (χ2n) is 4.44. The van der Waals surface area contributed by atoms with E-state index in [2.05, 4.69) is 20.5 Å². The zero-order valence-corrected chi connectivity index (χ0v) is 10.9. The Labute approximate surface area is 111 Å². The van der Waals surface area contributed by atoms with Crippen LogP contribution >= 0.6 is 0 Å². The smallest absolute Gasteiger partial charge is 0.325 e. The Kier molecular flexibility index (Phi) is 4.51. The molecule has 2 N–H and O–H groups in total. The summed E-state index contributed by atoms with van der Waals surface area (Å²) < 4.78 is 6.25. The van der Waals surface area contributed by atoms with Gasteiger partial charge in [0.05, 0.1) is 13.2 Å². The number of ether oxygens (including phenoxy) is 1. The average Bonchev–Trinajstić information content (AvgIpc) is 2.95. The first-order chi connectivity index (χ1) is 9.20. The molecule has 104 valence electrons. The van der Waals surface area contributed by atoms with Crippen molar-refractivity contribution < 1.29 is 14.3 Å². The van der Waals surface area contributed by atoms with Gasteiger partial charge in [0.2, 0.25) is 0 Å². The lowest BCUT2D eigenvalue weighted by Crippen LogP contribution is -2.33. The highest BCUT2D eigenvalue weighted by Gasteiger charge is 2.17. The van der Waals surface area contributed by atoms with E-state index >= 15 is 0 Å². The Hall–Kier alpha value is -1.89. The maximum atomic E-state index is 11.8. The zero-order chi connectivity index (χ0) is 13.7. The summed E-state index contributed by atoms with van der Waals surface area (Å²) >= 11 is 0. The Bertz CT molecular complexity index is 452. The molecule has 1 aromatic rings. The van der Waals surface area contributed by atoms with Gasteiger partial charge >= 0.3 is 5.97 Å². The summed E-state index contributed by atoms with van der Waals surface area (Å²) in [5.74, 6) is -0.850. The van der Waals surface area contributed by atoms with Crippen molar-refractivity contribution in [1.82, 2.24) is 20.4 Å². The third kappa shape index (κ3) is 3.54. The molecule has 19 heavy (non-hydrogen) atoms. The van der Waals surface area contributed by atoms with E-state index in [1.165, 1.54) is 7.11 Å². The molecule has 1 saturated heterocycles. The predicted molar refractivity (Wildman–Crippen MR) is 67.7 cm³/mol. The normalized spacial score (nSPS) is 18.9. The van der Waals surface area contributed by atoms with Gasteiger partial charge < -0.3 is 15.4 Å². The molecular formula is C12H18N4O3. The summed E-state index contributed by atoms with van der Waals surface area (Å²) in [6.45, 7) is 1.75. The molecule has 0 radical (unpaired) electrons. The lowest BCUT2D eigenvalue weighted by atomic mass is 10.1. The predicted octanol–water partition coefficient (Wildman–Crippen LogP) is -0.290. The molecule has 1 aromatic heterocycles. The van der Waals surface area contributed by atoms with Gasteiger partial charge in [-0.1, -0.05) is 0 Å². The first-order valence-electron chi connectivity index (χ1n) is 6.31. The largest absolute Gasteiger partial charge is 0.468 e. The van der Waals surface area contributed by atoms with E-state index in [0.717, 1.165) is 25.9 Å². The maximum absolute atomic E-state index is 11.8. The van der Waals surface area contributed by atoms with Crippen molar-refractivity contribution >= 4 is 11.9 Å². The number of piperidine rings is 1. The van der Waals surface area contributed by atoms with E-state index in [9.17, 15) is 9.59 Å². The van der Waals surface area contributed by atoms with Gasteiger partial charge in [-0.05, 0) is 25.5 Å². The summed E-state index contributed by atoms with van der Waals surface area (Å²) in [5, 5.41) is 10.0. The molecule has 2 rings (SSSR count). The second kappa shape index (κ2) is 6.33. The van der Waals surface area contributed by atoms with Crippen LogP contribution in [0.3, 0.4) is 0 Å². The Morgan fingerprint density at radius 3 is 3.16 bits per heavy atom. The van der Waals surface area contributed by atoms with Crippen LogP contribution in [0.25, 0.3) is 0 Å². The van der Waals surface area contributed by atoms with Crippen molar-refractivity contribution in [3.8, 4) is 0 Å². The van der Waals surface area contributed by atoms with E-state index in [-0.39, 0.29) is 18.5 Å². The lowest BCUT2D eigenvalue weighted by molar-refractivity contribution is -0.139. The van der Waals surface area contributed by atoms with Gasteiger partial charge in [0, 0.05) is 12.7 Å². The molecule has 1 aliphatic rings. The van der Waals surface area contributed by atoms with Crippen LogP contribution in [-0.2, 0) is 9.53 Å². The third-order valence-corrected chi connectivity index (χ3v) is 3.11. The summed E-state index contributed by atoms with van der Waals surface area (Å²) in [4.78, 5) is 22.7. The van der Waals surface area contributed by atoms with Crippen LogP contribution in [0, 0.1) is 0 Å². The average molecular weight is 266 g/mol. The number of nitrogens with zero attached hydrogens (tertiary/aromatic N) is 2. The van der Waals surface area contributed by atoms with Crippen LogP contribution in [0.4, 0.5) is 0 Å². The number of hydrogen-bond donors (Lipinski definition) is 2. The minimum absolute atomic E-state index is 0.146. The van der Waals surface area contributed by atoms with E-state index in [4.69, 9.17) is 0 Å². The molecule has 0 saturated carbocycles. The summed E-state index contributed by atoms with van der Waals surface area (Å²) in [7, 11) is 1.28. The fraction of sp³-hybridized carbons (Fsp3) is 0.583. The Morgan fingerprint density at radius 1 is 1.63 bits per heavy atom. The van der Waals surface area contributed by atoms with Crippen molar-refractivity contribution in [3.05, 3.63) is 18.0 Å². The minimum Gasteiger partial charge on any atom is -0.468 e. The summed E-state index contributed by atoms with van der Waals surface area (Å²) in [6.07, 6.45) is 3.96. The van der Waals surface area contributed by atoms with Crippen LogP contribution in [0.2, 0.25) is 0 Å². The molecule has 1 unspecified atom stereocenters. The molecule has 1 atom stereocenters. The van der Waals surface area contributed by atoms with Gasteiger partial charge in [-0.15, -0.1) is 0 Å². The number of rotatable bonds is 4. The van der Waals surface area contributed by atoms with Crippen molar-refractivity contribution in [3.63, 3.8) is 0 Å². The molecule has 1 amide bonds. The monoisotopic (exact) mass is 266 g/mol. The van der Waals surface area contributed by atoms with E-state index in [1.54, 1.807) is 16.9 Å². The first-order valence-corrected chi connectivity index (χ1v) is 6.31. The quantitative estimate of drug-likeness (QED) is 0.732. The van der Waals surface area contributed by atoms with Crippen LogP contribution in [0.1, 0.15) is 29.4 Å². The number of nitrogens with one attached hydrogen (secondary N) is 2. The van der Waals surface area contributed by atoms with Gasteiger partial charge in [-0.3, -0.25) is 14.3 Å². The van der Waals surface area contributed by atoms with E-state index in [1.807, 2.05) is 0 Å². The molecule has 2 heterocycles. The van der Waals surface area contributed by atoms with Crippen LogP contribution < -0.4 is 10.6 Å². The molecule has 7 heteroatoms. The number of carbonyl (C=O) groups excluding carboxylic acids is 2. The number of esters is 1. The van der Waals surface area contributed by atoms with E-state index < -0.39 is 5.97 Å². The lowest BCUT2D eigenvalue weighted by Gasteiger charge is -2.22. The molecule has 0 bridgehead atoms. The topological polar surface area (TPSA) is 85.2 Å². The molecular weight excluding hydrogens is 248 g/mol. The zero-order valence-electron chi connectivity index (χ0n) is 10.9. The van der Waals surface area contributed by atoms with Gasteiger partial charge in [0.25, 0.3) is 5.91 Å². The Morgan fingerprint density at radius 2 is 2.47 bits per heavy atom. The van der Waals surface area contributed by atoms with Gasteiger partial charge in [0.1, 0.15) is 12.2 Å². The van der Waals surface area contributed by atoms with Crippen molar-refractivity contribution in [2.75, 3.05) is 26.7 Å². The van der Waals surface area contributed by atoms with Crippen LogP contribution in [0.5, 0.6) is 0 Å². The number of hydrogen-bond acceptors (Lipinski definition) is 5. The number of amides is 1. The highest BCUT2D eigenvalue weighted by molar-refractivity contribution is 5.94. The van der Waals surface area contributed by atoms with Gasteiger partial charge in [-0.2, -0.15) is 5.10 Å². The number of aromatic nitrogens is 2. The number of carbonyl (C=O) groups is 2. The molecule has 0 spiro atoms. The highest BCUT2D eigenvalue weighted by Crippen LogP contribution is 2.15. The minimum atomic E-state index is -0.482. The third-order valence-electron chi connectivity index (χ3n) is 3.11. The molecule has 0 aromatic carbocycles. The molecule has 7 nitrogen and oxygen atoms in total. The van der Waals surface area contributed by atoms with Gasteiger partial charge in [0.15, 0.2) is 0 Å². The van der Waals surface area contributed by atoms with Crippen LogP contribution in [0.15, 0.2) is 12.3 Å². The SMILES string of the molecule is COC(=O)CNC(=O)c1ccn(C2CCCNC2)n1. The summed E-state index contributed by atoms with van der Waals surface area (Å²) in [5.41, 5.74) is 0.314. The van der Waals surface area contributed by atoms with Crippen LogP contribution in [-0.4, -0.2) is 48.4 Å². The summed E-state index contributed by atoms with van der Waals surface area (Å²) in [6, 6.07) is 1.94. The molecule has 1 fully saturated rings. The fourth-order valence-corrected chi connectivity index (χ4v) is 2.04. The van der Waals surface area contributed by atoms with Crippen molar-refractivity contribution in [2.24, 2.45) is 0 Å². The van der Waals surface area contributed by atoms with Gasteiger partial charge in [-0.25, -0.2) is 0 Å². The second-order valence-corrected chi connectivity index (χ2v) is 4.44. The van der Waals surface area contributed by atoms with Crippen molar-refractivity contribution in [1.29, 1.82) is 0 Å². The molecule has 0 aliphatic carbocycles. The maximum Gasteiger partial charge on any atom is 0.325 e. The fourth-order valence-electron chi connectivity index (χ4n) is 2.04. The highest BCUT2D eigenvalue weighted by atomic mass is 16.5. The standard InChI is InChI=1S/C12H18N4O3/c1-19-11(17)8-14-12(18)10-4-6-16(15-10)9-3-2-5-13-7-9/h4,6,9,13H,2-3,5,7-8H2,1H3,(H,14,18). The van der Waals surface area contributed by atoms with E-state index in [0.29, 0.717) is 5.69 Å². The number of methoxy groups -OCH3 is 1. The molecule has 1 aliphatic heterocycles. The Balaban J connectivity index is 1.92.